The molecule has 0 radical (unpaired) electrons. The third-order valence-electron chi connectivity index (χ3n) is 28.2. The first kappa shape index (κ1) is 102. The molecule has 16 nitrogen and oxygen atoms in total. The van der Waals surface area contributed by atoms with Crippen LogP contribution in [0.3, 0.4) is 0 Å². The van der Waals surface area contributed by atoms with Crippen LogP contribution in [-0.4, -0.2) is 67.6 Å². The molecular formula is C129H115Ir3N16. The van der Waals surface area contributed by atoms with Crippen molar-refractivity contribution in [1.29, 1.82) is 0 Å². The molecule has 0 spiro atoms. The molecule has 0 saturated carbocycles. The monoisotopic (exact) mass is 2470 g/mol. The van der Waals surface area contributed by atoms with Gasteiger partial charge in [0, 0.05) is 98.3 Å². The molecule has 0 aliphatic carbocycles. The molecular weight excluding hydrogens is 2350 g/mol. The van der Waals surface area contributed by atoms with Gasteiger partial charge in [-0.3, -0.25) is 15.0 Å². The zero-order valence-electron chi connectivity index (χ0n) is 85.8. The molecule has 15 aromatic carbocycles. The number of hydrogen-bond donors (Lipinski definition) is 0. The Labute approximate surface area is 907 Å². The Kier molecular flexibility index (Phi) is 29.6. The van der Waals surface area contributed by atoms with Gasteiger partial charge in [-0.25, -0.2) is 4.98 Å². The quantitative estimate of drug-likeness (QED) is 0.110. The Morgan fingerprint density at radius 1 is 0.270 bits per heavy atom. The van der Waals surface area contributed by atoms with E-state index in [2.05, 4.69) is 491 Å². The van der Waals surface area contributed by atoms with Gasteiger partial charge in [0.05, 0.1) is 45.1 Å². The van der Waals surface area contributed by atoms with Crippen LogP contribution in [0.4, 0.5) is 51.2 Å². The molecule has 24 aromatic rings. The Hall–Kier alpha value is -14.8. The van der Waals surface area contributed by atoms with Crippen LogP contribution in [-0.2, 0) is 67.4 Å². The predicted molar refractivity (Wildman–Crippen MR) is 604 cm³/mol. The fourth-order valence-corrected chi connectivity index (χ4v) is 21.4. The van der Waals surface area contributed by atoms with Crippen molar-refractivity contribution in [3.63, 3.8) is 0 Å². The molecule has 3 aliphatic heterocycles. The minimum Gasteiger partial charge on any atom is -0.504 e. The predicted octanol–water partition coefficient (Wildman–Crippen LogP) is 32.0. The van der Waals surface area contributed by atoms with Crippen molar-refractivity contribution in [3.8, 4) is 33.8 Å². The standard InChI is InChI=1S/C30H28N3.C29H26N3.C28H25N4.3C14H12N2.3Ir/c1-18(2)20-14-10-15-21(19(3)4)27(20)25-17-33-29(31-25)23-12-7-6-11-22(23)28-24-13-8-9-16-26(24)32(5)30(28)33;1-18(2)21-12-9-13-22(19(3)4)28(21)24-17-31-27-16-20-10-5-7-14-25(20)32(27)26-15-8-6-11-23(26)29(31)30-24;1-17(2)19-11-9-12-20(18(3)4)26(19)23-16-31-27(29-23)21-10-5-7-14-24(21)32-25-15-8-6-13-22(25)30-28(31)32;3*1-15-11-16(12-7-3-2-4-8-12)14-10-6-5-9-13(14)15;;;/h6-11,13-19H,1-5H3;5-10,12-19H,1-4H3;5-9,11-18H,1-4H3;3*2-7,9-11H,1H3;;;/q3*-1;3*-2;3*+3. The van der Waals surface area contributed by atoms with E-state index in [0.717, 1.165) is 101 Å². The summed E-state index contributed by atoms with van der Waals surface area (Å²) < 4.78 is 13.5. The summed E-state index contributed by atoms with van der Waals surface area (Å²) in [4.78, 5) is 33.5. The van der Waals surface area contributed by atoms with Gasteiger partial charge in [-0.15, -0.1) is 95.2 Å². The zero-order valence-corrected chi connectivity index (χ0v) is 93.0. The maximum atomic E-state index is 5.28. The van der Waals surface area contributed by atoms with Gasteiger partial charge >= 0.3 is 60.3 Å². The maximum absolute atomic E-state index is 5.28. The third kappa shape index (κ3) is 18.6. The van der Waals surface area contributed by atoms with E-state index in [9.17, 15) is 0 Å². The van der Waals surface area contributed by atoms with E-state index in [1.165, 1.54) is 122 Å². The molecule has 3 aliphatic rings. The zero-order chi connectivity index (χ0) is 99.7. The molecule has 0 N–H and O–H groups in total. The van der Waals surface area contributed by atoms with Crippen molar-refractivity contribution in [1.82, 2.24) is 46.5 Å². The molecule has 0 amide bonds. The Balaban J connectivity index is 0.000000114. The number of rotatable bonds is 12. The van der Waals surface area contributed by atoms with Crippen molar-refractivity contribution in [2.45, 2.75) is 119 Å². The Morgan fingerprint density at radius 2 is 0.601 bits per heavy atom. The summed E-state index contributed by atoms with van der Waals surface area (Å²) in [7, 11) is 8.33. The molecule has 0 saturated heterocycles. The van der Waals surface area contributed by atoms with Crippen LogP contribution in [0.2, 0.25) is 0 Å². The van der Waals surface area contributed by atoms with Gasteiger partial charge < -0.3 is 56.0 Å². The number of nitrogens with zero attached hydrogens (tertiary/aromatic N) is 16. The topological polar surface area (TPSA) is 98.0 Å². The van der Waals surface area contributed by atoms with Gasteiger partial charge in [0.25, 0.3) is 0 Å². The number of benzene rings is 15. The summed E-state index contributed by atoms with van der Waals surface area (Å²) in [6.07, 6.45) is 6.62. The number of hydrogen-bond acceptors (Lipinski definition) is 10. The number of fused-ring (bicyclic) bond motifs is 27. The van der Waals surface area contributed by atoms with E-state index >= 15 is 0 Å². The largest absolute Gasteiger partial charge is 3.00 e. The van der Waals surface area contributed by atoms with E-state index in [-0.39, 0.29) is 60.3 Å². The number of anilines is 9. The number of pyridine rings is 1. The Bertz CT molecular complexity index is 8400. The van der Waals surface area contributed by atoms with Crippen LogP contribution < -0.4 is 29.4 Å². The van der Waals surface area contributed by atoms with Crippen LogP contribution in [0, 0.1) is 56.4 Å². The normalized spacial score (nSPS) is 12.6. The molecule has 0 unspecified atom stereocenters. The van der Waals surface area contributed by atoms with E-state index in [4.69, 9.17) is 19.9 Å². The van der Waals surface area contributed by atoms with Crippen molar-refractivity contribution in [3.05, 3.63) is 442 Å². The van der Waals surface area contributed by atoms with E-state index in [1.54, 1.807) is 0 Å². The summed E-state index contributed by atoms with van der Waals surface area (Å²) in [6.45, 7) is 33.4. The molecule has 19 heteroatoms. The number of para-hydroxylation sites is 13. The molecule has 0 bridgehead atoms. The number of aryl methyl sites for hydroxylation is 1. The molecule has 148 heavy (non-hydrogen) atoms. The van der Waals surface area contributed by atoms with Crippen molar-refractivity contribution < 1.29 is 60.3 Å². The minimum atomic E-state index is 0. The molecule has 27 rings (SSSR count). The Morgan fingerprint density at radius 3 is 1.03 bits per heavy atom. The van der Waals surface area contributed by atoms with Crippen LogP contribution in [0.25, 0.3) is 139 Å². The maximum Gasteiger partial charge on any atom is 3.00 e. The molecule has 0 atom stereocenters. The molecule has 0 fully saturated rings. The third-order valence-corrected chi connectivity index (χ3v) is 28.2. The first-order valence-electron chi connectivity index (χ1n) is 50.3. The van der Waals surface area contributed by atoms with E-state index < -0.39 is 0 Å². The van der Waals surface area contributed by atoms with Crippen LogP contribution in [0.15, 0.2) is 352 Å². The van der Waals surface area contributed by atoms with Crippen molar-refractivity contribution in [2.75, 3.05) is 50.5 Å². The summed E-state index contributed by atoms with van der Waals surface area (Å²) in [5.74, 6) is 3.38. The number of aromatic nitrogens is 10. The number of imidazole rings is 4. The summed E-state index contributed by atoms with van der Waals surface area (Å²) >= 11 is 0. The van der Waals surface area contributed by atoms with E-state index in [1.807, 2.05) is 84.9 Å². The second-order valence-corrected chi connectivity index (χ2v) is 39.5. The van der Waals surface area contributed by atoms with Gasteiger partial charge in [-0.2, -0.15) is 111 Å². The summed E-state index contributed by atoms with van der Waals surface area (Å²) in [6, 6.07) is 136. The average Bonchev–Trinajstić information content (AvgIpc) is 1.59. The second-order valence-electron chi connectivity index (χ2n) is 39.5. The first-order chi connectivity index (χ1) is 70.6. The van der Waals surface area contributed by atoms with Gasteiger partial charge in [0.15, 0.2) is 0 Å². The SMILES string of the molecule is CC(C)c1cccc(C(C)C)c1-c1cn2c(n1)c1[c-]cccc1c1c3ccccc3n(C)c12.CC(C)c1cccc(C(C)C)c1-c1cn2c(n1)c1[c-]cccc1n1c3ccccc3cc21.CC(C)c1cccc(C(C)C)c1-c1cn2c(n1)c1[c-]cccc1n1c3ccccc3nc21.CN1[CH-]N(c2[c-]cccc2)c2ccccc21.CN1[CH-]N(c2[c-]cccc2)c2ccccc21.CN1[CH-]N(c2[c-]cccc2)c2ccccc21.[Ir+3].[Ir+3].[Ir+3]. The van der Waals surface area contributed by atoms with Gasteiger partial charge in [0.2, 0.25) is 5.78 Å². The smallest absolute Gasteiger partial charge is 0.504 e. The van der Waals surface area contributed by atoms with Gasteiger partial charge in [-0.05, 0) is 173 Å². The molecule has 9 aromatic heterocycles. The van der Waals surface area contributed by atoms with E-state index in [0.29, 0.717) is 35.5 Å². The second kappa shape index (κ2) is 43.0. The summed E-state index contributed by atoms with van der Waals surface area (Å²) in [5, 5.41) is 8.07. The summed E-state index contributed by atoms with van der Waals surface area (Å²) in [5.41, 5.74) is 37.2. The fourth-order valence-electron chi connectivity index (χ4n) is 21.4. The van der Waals surface area contributed by atoms with Crippen molar-refractivity contribution in [2.24, 2.45) is 7.05 Å². The van der Waals surface area contributed by atoms with Crippen LogP contribution >= 0.6 is 0 Å². The minimum absolute atomic E-state index is 0. The fraction of sp³-hybridized carbons (Fsp3) is 0.171. The van der Waals surface area contributed by atoms with Crippen LogP contribution in [0.5, 0.6) is 0 Å². The first-order valence-corrected chi connectivity index (χ1v) is 50.3. The van der Waals surface area contributed by atoms with Crippen molar-refractivity contribution >= 4 is 156 Å². The van der Waals surface area contributed by atoms with Gasteiger partial charge in [-0.1, -0.05) is 239 Å². The molecule has 738 valence electrons. The molecule has 12 heterocycles. The average molecular weight is 2470 g/mol. The van der Waals surface area contributed by atoms with Gasteiger partial charge in [0.1, 0.15) is 11.3 Å². The van der Waals surface area contributed by atoms with Crippen LogP contribution in [0.1, 0.15) is 152 Å².